The molecule has 0 saturated heterocycles. The number of nitrogens with zero attached hydrogens (tertiary/aromatic N) is 4. The van der Waals surface area contributed by atoms with Gasteiger partial charge in [-0.1, -0.05) is 54.6 Å². The van der Waals surface area contributed by atoms with Gasteiger partial charge in [-0.3, -0.25) is 19.0 Å². The normalized spacial score (nSPS) is 11.1. The minimum Gasteiger partial charge on any atom is -0.331 e. The van der Waals surface area contributed by atoms with Gasteiger partial charge in [-0.2, -0.15) is 0 Å². The highest BCUT2D eigenvalue weighted by Crippen LogP contribution is 2.12. The molecule has 2 aromatic heterocycles. The van der Waals surface area contributed by atoms with E-state index < -0.39 is 0 Å². The Bertz CT molecular complexity index is 1630. The molecular formula is C27H23N5O3. The number of carbonyl (C=O) groups is 1. The van der Waals surface area contributed by atoms with E-state index in [1.165, 1.54) is 10.9 Å². The quantitative estimate of drug-likeness (QED) is 0.398. The number of nitrogens with one attached hydrogen (secondary N) is 1. The second-order valence-electron chi connectivity index (χ2n) is 8.28. The summed E-state index contributed by atoms with van der Waals surface area (Å²) in [5.74, 6) is 0.243. The van der Waals surface area contributed by atoms with Crippen LogP contribution in [-0.4, -0.2) is 30.3 Å². The molecule has 2 heterocycles. The Balaban J connectivity index is 1.40. The molecular weight excluding hydrogens is 442 g/mol. The van der Waals surface area contributed by atoms with Crippen molar-refractivity contribution >= 4 is 27.7 Å². The molecule has 0 saturated carbocycles. The van der Waals surface area contributed by atoms with Crippen LogP contribution in [0.2, 0.25) is 0 Å². The van der Waals surface area contributed by atoms with Gasteiger partial charge in [0.25, 0.3) is 11.1 Å². The molecule has 8 heteroatoms. The van der Waals surface area contributed by atoms with Gasteiger partial charge >= 0.3 is 0 Å². The second kappa shape index (κ2) is 9.72. The van der Waals surface area contributed by atoms with Crippen molar-refractivity contribution in [1.82, 2.24) is 24.4 Å². The third kappa shape index (κ3) is 4.86. The van der Waals surface area contributed by atoms with Crippen LogP contribution in [0.3, 0.4) is 0 Å². The lowest BCUT2D eigenvalue weighted by atomic mass is 10.2. The Hall–Kier alpha value is -4.59. The molecule has 0 fully saturated rings. The number of aromatic nitrogens is 4. The van der Waals surface area contributed by atoms with Gasteiger partial charge in [0.1, 0.15) is 5.82 Å². The smallest absolute Gasteiger partial charge is 0.261 e. The Morgan fingerprint density at radius 3 is 2.31 bits per heavy atom. The van der Waals surface area contributed by atoms with Crippen molar-refractivity contribution in [1.29, 1.82) is 0 Å². The van der Waals surface area contributed by atoms with Gasteiger partial charge < -0.3 is 9.88 Å². The number of hydrogen-bond donors (Lipinski definition) is 1. The van der Waals surface area contributed by atoms with Gasteiger partial charge in [-0.15, -0.1) is 0 Å². The topological polar surface area (TPSA) is 101 Å². The lowest BCUT2D eigenvalue weighted by molar-refractivity contribution is -0.132. The fourth-order valence-corrected chi connectivity index (χ4v) is 4.07. The van der Waals surface area contributed by atoms with Crippen LogP contribution in [0.5, 0.6) is 0 Å². The zero-order valence-electron chi connectivity index (χ0n) is 18.9. The summed E-state index contributed by atoms with van der Waals surface area (Å²) in [7, 11) is 0. The van der Waals surface area contributed by atoms with Crippen molar-refractivity contribution in [2.45, 2.75) is 26.1 Å². The molecule has 5 rings (SSSR count). The van der Waals surface area contributed by atoms with E-state index in [4.69, 9.17) is 0 Å². The molecule has 8 nitrogen and oxygen atoms in total. The average molecular weight is 466 g/mol. The van der Waals surface area contributed by atoms with Gasteiger partial charge in [0.15, 0.2) is 0 Å². The first-order valence-electron chi connectivity index (χ1n) is 11.3. The largest absolute Gasteiger partial charge is 0.331 e. The minimum absolute atomic E-state index is 0.102. The zero-order valence-corrected chi connectivity index (χ0v) is 18.9. The summed E-state index contributed by atoms with van der Waals surface area (Å²) in [4.78, 5) is 52.0. The Kier molecular flexibility index (Phi) is 6.17. The summed E-state index contributed by atoms with van der Waals surface area (Å²) in [5, 5.41) is 1.02. The van der Waals surface area contributed by atoms with Crippen molar-refractivity contribution in [3.8, 4) is 0 Å². The summed E-state index contributed by atoms with van der Waals surface area (Å²) >= 11 is 0. The maximum atomic E-state index is 13.3. The number of fused-ring (bicyclic) bond motifs is 2. The number of hydrogen-bond acceptors (Lipinski definition) is 5. The standard InChI is InChI=1S/C27H23N5O3/c33-25(14-15-31-18-28-22-12-6-5-11-21(22)27(31)35)32(16-19-8-2-1-3-9-19)17-24-29-23-13-7-4-10-20(23)26(34)30-24/h1-13,18H,14-17H2,(H,29,30,34). The number of para-hydroxylation sites is 2. The van der Waals surface area contributed by atoms with E-state index in [1.807, 2.05) is 42.5 Å². The molecule has 0 radical (unpaired) electrons. The van der Waals surface area contributed by atoms with E-state index in [1.54, 1.807) is 41.3 Å². The van der Waals surface area contributed by atoms with Crippen LogP contribution in [0.25, 0.3) is 21.8 Å². The highest BCUT2D eigenvalue weighted by Gasteiger charge is 2.17. The predicted molar refractivity (Wildman–Crippen MR) is 134 cm³/mol. The lowest BCUT2D eigenvalue weighted by Gasteiger charge is -2.23. The van der Waals surface area contributed by atoms with Crippen molar-refractivity contribution in [3.63, 3.8) is 0 Å². The monoisotopic (exact) mass is 465 g/mol. The molecule has 1 amide bonds. The van der Waals surface area contributed by atoms with E-state index >= 15 is 0 Å². The average Bonchev–Trinajstić information content (AvgIpc) is 2.88. The first kappa shape index (κ1) is 22.2. The number of aromatic amines is 1. The maximum Gasteiger partial charge on any atom is 0.261 e. The highest BCUT2D eigenvalue weighted by atomic mass is 16.2. The molecule has 0 atom stereocenters. The van der Waals surface area contributed by atoms with Crippen LogP contribution >= 0.6 is 0 Å². The molecule has 3 aromatic carbocycles. The van der Waals surface area contributed by atoms with Crippen LogP contribution in [0, 0.1) is 0 Å². The van der Waals surface area contributed by atoms with E-state index in [2.05, 4.69) is 15.0 Å². The second-order valence-corrected chi connectivity index (χ2v) is 8.28. The molecule has 0 bridgehead atoms. The van der Waals surface area contributed by atoms with Gasteiger partial charge in [0.2, 0.25) is 5.91 Å². The Labute approximate surface area is 200 Å². The zero-order chi connectivity index (χ0) is 24.2. The highest BCUT2D eigenvalue weighted by molar-refractivity contribution is 5.78. The molecule has 0 unspecified atom stereocenters. The van der Waals surface area contributed by atoms with Crippen molar-refractivity contribution in [2.75, 3.05) is 0 Å². The van der Waals surface area contributed by atoms with Crippen molar-refractivity contribution in [2.24, 2.45) is 0 Å². The molecule has 0 aliphatic rings. The molecule has 35 heavy (non-hydrogen) atoms. The molecule has 0 aliphatic heterocycles. The number of rotatable bonds is 7. The van der Waals surface area contributed by atoms with Gasteiger partial charge in [-0.25, -0.2) is 9.97 Å². The molecule has 0 spiro atoms. The first-order chi connectivity index (χ1) is 17.1. The van der Waals surface area contributed by atoms with E-state index in [0.717, 1.165) is 5.56 Å². The van der Waals surface area contributed by atoms with Gasteiger partial charge in [0.05, 0.1) is 34.7 Å². The first-order valence-corrected chi connectivity index (χ1v) is 11.3. The van der Waals surface area contributed by atoms with Crippen LogP contribution in [-0.2, 0) is 24.4 Å². The summed E-state index contributed by atoms with van der Waals surface area (Å²) in [5.41, 5.74) is 1.72. The van der Waals surface area contributed by atoms with Crippen LogP contribution < -0.4 is 11.1 Å². The summed E-state index contributed by atoms with van der Waals surface area (Å²) < 4.78 is 1.46. The van der Waals surface area contributed by atoms with Crippen LogP contribution in [0.15, 0.2) is 94.8 Å². The minimum atomic E-state index is -0.244. The molecule has 0 aliphatic carbocycles. The summed E-state index contributed by atoms with van der Waals surface area (Å²) in [6, 6.07) is 23.8. The number of benzene rings is 3. The lowest BCUT2D eigenvalue weighted by Crippen LogP contribution is -2.33. The third-order valence-corrected chi connectivity index (χ3v) is 5.87. The maximum absolute atomic E-state index is 13.3. The predicted octanol–water partition coefficient (Wildman–Crippen LogP) is 3.25. The summed E-state index contributed by atoms with van der Waals surface area (Å²) in [6.07, 6.45) is 1.58. The number of amides is 1. The molecule has 5 aromatic rings. The van der Waals surface area contributed by atoms with Crippen LogP contribution in [0.1, 0.15) is 17.8 Å². The van der Waals surface area contributed by atoms with Crippen LogP contribution in [0.4, 0.5) is 0 Å². The molecule has 1 N–H and O–H groups in total. The number of aryl methyl sites for hydroxylation is 1. The fraction of sp³-hybridized carbons (Fsp3) is 0.148. The van der Waals surface area contributed by atoms with E-state index in [-0.39, 0.29) is 36.5 Å². The van der Waals surface area contributed by atoms with Crippen molar-refractivity contribution < 1.29 is 4.79 Å². The SMILES string of the molecule is O=C(CCn1cnc2ccccc2c1=O)N(Cc1ccccc1)Cc1nc2ccccc2c(=O)[nH]1. The van der Waals surface area contributed by atoms with E-state index in [9.17, 15) is 14.4 Å². The third-order valence-electron chi connectivity index (χ3n) is 5.87. The van der Waals surface area contributed by atoms with Gasteiger partial charge in [-0.05, 0) is 29.8 Å². The summed E-state index contributed by atoms with van der Waals surface area (Å²) in [6.45, 7) is 0.683. The van der Waals surface area contributed by atoms with E-state index in [0.29, 0.717) is 34.2 Å². The van der Waals surface area contributed by atoms with Crippen molar-refractivity contribution in [3.05, 3.63) is 117 Å². The number of carbonyl (C=O) groups excluding carboxylic acids is 1. The van der Waals surface area contributed by atoms with Gasteiger partial charge in [0, 0.05) is 19.5 Å². The fourth-order valence-electron chi connectivity index (χ4n) is 4.07. The molecule has 174 valence electrons. The Morgan fingerprint density at radius 2 is 1.51 bits per heavy atom. The number of H-pyrrole nitrogens is 1. The Morgan fingerprint density at radius 1 is 0.829 bits per heavy atom.